The molecule has 17 heavy (non-hydrogen) atoms. The van der Waals surface area contributed by atoms with Crippen molar-refractivity contribution in [3.63, 3.8) is 0 Å². The third-order valence-corrected chi connectivity index (χ3v) is 3.39. The maximum atomic E-state index is 6.30. The van der Waals surface area contributed by atoms with Crippen molar-refractivity contribution in [1.82, 2.24) is 0 Å². The van der Waals surface area contributed by atoms with Crippen LogP contribution in [0.2, 0.25) is 0 Å². The molecule has 0 aliphatic heterocycles. The van der Waals surface area contributed by atoms with Crippen LogP contribution in [0, 0.1) is 5.92 Å². The van der Waals surface area contributed by atoms with Gasteiger partial charge in [-0.25, -0.2) is 0 Å². The van der Waals surface area contributed by atoms with Crippen LogP contribution in [-0.2, 0) is 0 Å². The second-order valence-corrected chi connectivity index (χ2v) is 4.96. The SMILES string of the molecule is CC(C)C1(N)C=CC(Nc2ccccc2)=CC1. The average Bonchev–Trinajstić information content (AvgIpc) is 2.33. The molecule has 1 aliphatic rings. The summed E-state index contributed by atoms with van der Waals surface area (Å²) in [6, 6.07) is 10.2. The van der Waals surface area contributed by atoms with E-state index in [9.17, 15) is 0 Å². The van der Waals surface area contributed by atoms with Gasteiger partial charge in [-0.2, -0.15) is 0 Å². The van der Waals surface area contributed by atoms with Crippen LogP contribution in [0.25, 0.3) is 0 Å². The summed E-state index contributed by atoms with van der Waals surface area (Å²) in [4.78, 5) is 0. The standard InChI is InChI=1S/C15H20N2/c1-12(2)15(16)10-8-14(9-11-15)17-13-6-4-3-5-7-13/h3-10,12,17H,11,16H2,1-2H3. The van der Waals surface area contributed by atoms with E-state index in [1.807, 2.05) is 18.2 Å². The summed E-state index contributed by atoms with van der Waals surface area (Å²) in [5.41, 5.74) is 8.34. The van der Waals surface area contributed by atoms with Gasteiger partial charge in [0, 0.05) is 16.9 Å². The number of anilines is 1. The minimum atomic E-state index is -0.193. The zero-order valence-corrected chi connectivity index (χ0v) is 10.5. The molecule has 0 heterocycles. The Hall–Kier alpha value is -1.54. The minimum absolute atomic E-state index is 0.193. The van der Waals surface area contributed by atoms with Gasteiger partial charge >= 0.3 is 0 Å². The zero-order valence-electron chi connectivity index (χ0n) is 10.5. The molecule has 3 N–H and O–H groups in total. The smallest absolute Gasteiger partial charge is 0.0402 e. The highest BCUT2D eigenvalue weighted by molar-refractivity contribution is 5.51. The largest absolute Gasteiger partial charge is 0.356 e. The summed E-state index contributed by atoms with van der Waals surface area (Å²) in [5, 5.41) is 3.38. The van der Waals surface area contributed by atoms with Crippen LogP contribution in [0.5, 0.6) is 0 Å². The third kappa shape index (κ3) is 2.77. The van der Waals surface area contributed by atoms with Crippen molar-refractivity contribution in [2.24, 2.45) is 11.7 Å². The maximum Gasteiger partial charge on any atom is 0.0402 e. The van der Waals surface area contributed by atoms with Crippen LogP contribution >= 0.6 is 0 Å². The van der Waals surface area contributed by atoms with Crippen LogP contribution in [0.15, 0.2) is 54.3 Å². The molecular formula is C15H20N2. The van der Waals surface area contributed by atoms with Crippen molar-refractivity contribution < 1.29 is 0 Å². The molecule has 0 spiro atoms. The van der Waals surface area contributed by atoms with Gasteiger partial charge in [-0.05, 0) is 30.5 Å². The van der Waals surface area contributed by atoms with Crippen molar-refractivity contribution in [1.29, 1.82) is 0 Å². The van der Waals surface area contributed by atoms with Crippen molar-refractivity contribution in [2.45, 2.75) is 25.8 Å². The van der Waals surface area contributed by atoms with E-state index in [0.717, 1.165) is 17.8 Å². The third-order valence-electron chi connectivity index (χ3n) is 3.39. The fraction of sp³-hybridized carbons (Fsp3) is 0.333. The van der Waals surface area contributed by atoms with Gasteiger partial charge in [-0.3, -0.25) is 0 Å². The minimum Gasteiger partial charge on any atom is -0.356 e. The molecule has 0 saturated carbocycles. The second-order valence-electron chi connectivity index (χ2n) is 4.96. The first-order valence-corrected chi connectivity index (χ1v) is 6.10. The number of para-hydroxylation sites is 1. The Balaban J connectivity index is 2.04. The number of nitrogens with one attached hydrogen (secondary N) is 1. The summed E-state index contributed by atoms with van der Waals surface area (Å²) in [6.07, 6.45) is 7.25. The highest BCUT2D eigenvalue weighted by atomic mass is 14.9. The van der Waals surface area contributed by atoms with E-state index in [0.29, 0.717) is 5.92 Å². The predicted octanol–water partition coefficient (Wildman–Crippen LogP) is 3.30. The fourth-order valence-electron chi connectivity index (χ4n) is 1.88. The van der Waals surface area contributed by atoms with Crippen LogP contribution in [0.4, 0.5) is 5.69 Å². The molecule has 1 aromatic carbocycles. The Morgan fingerprint density at radius 3 is 2.47 bits per heavy atom. The number of benzene rings is 1. The molecule has 0 amide bonds. The maximum absolute atomic E-state index is 6.30. The Morgan fingerprint density at radius 1 is 1.24 bits per heavy atom. The van der Waals surface area contributed by atoms with E-state index in [1.54, 1.807) is 0 Å². The van der Waals surface area contributed by atoms with Crippen molar-refractivity contribution in [3.8, 4) is 0 Å². The number of hydrogen-bond donors (Lipinski definition) is 2. The number of rotatable bonds is 3. The van der Waals surface area contributed by atoms with Crippen LogP contribution in [0.3, 0.4) is 0 Å². The first-order chi connectivity index (χ1) is 8.10. The van der Waals surface area contributed by atoms with Gasteiger partial charge in [-0.1, -0.05) is 44.2 Å². The molecule has 0 saturated heterocycles. The van der Waals surface area contributed by atoms with Gasteiger partial charge in [0.15, 0.2) is 0 Å². The number of allylic oxidation sites excluding steroid dienone is 1. The van der Waals surface area contributed by atoms with E-state index in [-0.39, 0.29) is 5.54 Å². The molecule has 90 valence electrons. The Kier molecular flexibility index (Phi) is 3.34. The van der Waals surface area contributed by atoms with Crippen molar-refractivity contribution >= 4 is 5.69 Å². The van der Waals surface area contributed by atoms with Gasteiger partial charge in [0.2, 0.25) is 0 Å². The summed E-state index contributed by atoms with van der Waals surface area (Å²) >= 11 is 0. The second kappa shape index (κ2) is 4.76. The van der Waals surface area contributed by atoms with E-state index < -0.39 is 0 Å². The highest BCUT2D eigenvalue weighted by Gasteiger charge is 2.26. The molecule has 0 fully saturated rings. The lowest BCUT2D eigenvalue weighted by Crippen LogP contribution is -2.43. The number of hydrogen-bond acceptors (Lipinski definition) is 2. The molecular weight excluding hydrogens is 208 g/mol. The predicted molar refractivity (Wildman–Crippen MR) is 73.7 cm³/mol. The number of nitrogens with two attached hydrogens (primary N) is 1. The van der Waals surface area contributed by atoms with Gasteiger partial charge in [0.25, 0.3) is 0 Å². The monoisotopic (exact) mass is 228 g/mol. The van der Waals surface area contributed by atoms with E-state index >= 15 is 0 Å². The van der Waals surface area contributed by atoms with Crippen LogP contribution < -0.4 is 11.1 Å². The summed E-state index contributed by atoms with van der Waals surface area (Å²) in [6.45, 7) is 4.32. The molecule has 2 rings (SSSR count). The molecule has 1 aromatic rings. The normalized spacial score (nSPS) is 23.6. The lowest BCUT2D eigenvalue weighted by Gasteiger charge is -2.32. The van der Waals surface area contributed by atoms with E-state index in [4.69, 9.17) is 5.73 Å². The van der Waals surface area contributed by atoms with Gasteiger partial charge in [0.05, 0.1) is 0 Å². The molecule has 1 unspecified atom stereocenters. The van der Waals surface area contributed by atoms with Gasteiger partial charge in [-0.15, -0.1) is 0 Å². The van der Waals surface area contributed by atoms with Crippen LogP contribution in [-0.4, -0.2) is 5.54 Å². The quantitative estimate of drug-likeness (QED) is 0.833. The summed E-state index contributed by atoms with van der Waals surface area (Å²) in [7, 11) is 0. The molecule has 0 aromatic heterocycles. The Bertz CT molecular complexity index is 431. The lowest BCUT2D eigenvalue weighted by atomic mass is 9.81. The first kappa shape index (κ1) is 11.9. The lowest BCUT2D eigenvalue weighted by molar-refractivity contribution is 0.385. The zero-order chi connectivity index (χ0) is 12.3. The average molecular weight is 228 g/mol. The highest BCUT2D eigenvalue weighted by Crippen LogP contribution is 2.26. The Labute approximate surface area is 103 Å². The van der Waals surface area contributed by atoms with Gasteiger partial charge in [0.1, 0.15) is 0 Å². The van der Waals surface area contributed by atoms with Crippen LogP contribution in [0.1, 0.15) is 20.3 Å². The molecule has 0 radical (unpaired) electrons. The molecule has 0 bridgehead atoms. The van der Waals surface area contributed by atoms with Crippen molar-refractivity contribution in [3.05, 3.63) is 54.3 Å². The molecule has 2 heteroatoms. The van der Waals surface area contributed by atoms with Crippen molar-refractivity contribution in [2.75, 3.05) is 5.32 Å². The topological polar surface area (TPSA) is 38.0 Å². The summed E-state index contributed by atoms with van der Waals surface area (Å²) < 4.78 is 0. The molecule has 2 nitrogen and oxygen atoms in total. The summed E-state index contributed by atoms with van der Waals surface area (Å²) in [5.74, 6) is 0.452. The first-order valence-electron chi connectivity index (χ1n) is 6.10. The van der Waals surface area contributed by atoms with Gasteiger partial charge < -0.3 is 11.1 Å². The Morgan fingerprint density at radius 2 is 1.94 bits per heavy atom. The fourth-order valence-corrected chi connectivity index (χ4v) is 1.88. The molecule has 1 aliphatic carbocycles. The van der Waals surface area contributed by atoms with E-state index in [1.165, 1.54) is 0 Å². The molecule has 1 atom stereocenters. The van der Waals surface area contributed by atoms with E-state index in [2.05, 4.69) is 49.5 Å².